The number of carbonyl (C=O) groups is 2. The summed E-state index contributed by atoms with van der Waals surface area (Å²) < 4.78 is 5.75. The van der Waals surface area contributed by atoms with Crippen molar-refractivity contribution in [2.24, 2.45) is 0 Å². The van der Waals surface area contributed by atoms with E-state index in [1.165, 1.54) is 4.90 Å². The number of amides is 1. The number of ether oxygens (including phenoxy) is 1. The molecule has 2 N–H and O–H groups in total. The molecule has 0 spiro atoms. The minimum Gasteiger partial charge on any atom is -0.507 e. The van der Waals surface area contributed by atoms with Gasteiger partial charge in [0.1, 0.15) is 11.5 Å². The molecular weight excluding hydrogens is 454 g/mol. The van der Waals surface area contributed by atoms with Crippen molar-refractivity contribution in [2.75, 3.05) is 11.5 Å². The monoisotopic (exact) mass is 481 g/mol. The summed E-state index contributed by atoms with van der Waals surface area (Å²) in [5.41, 5.74) is 3.48. The SMILES string of the molecule is CCOc1ccc(/C(O)=C2\C(=O)C(=O)N(c3nc4ccccc4[nH]3)C2c2ccccc2)cc1C(C)C. The van der Waals surface area contributed by atoms with Gasteiger partial charge in [-0.3, -0.25) is 14.5 Å². The van der Waals surface area contributed by atoms with Crippen LogP contribution in [0.5, 0.6) is 5.75 Å². The highest BCUT2D eigenvalue weighted by atomic mass is 16.5. The average Bonchev–Trinajstić information content (AvgIpc) is 3.43. The highest BCUT2D eigenvalue weighted by Gasteiger charge is 2.48. The summed E-state index contributed by atoms with van der Waals surface area (Å²) in [7, 11) is 0. The fraction of sp³-hybridized carbons (Fsp3) is 0.207. The number of benzene rings is 3. The van der Waals surface area contributed by atoms with Crippen molar-refractivity contribution in [1.29, 1.82) is 0 Å². The number of rotatable bonds is 6. The molecule has 5 rings (SSSR count). The molecule has 36 heavy (non-hydrogen) atoms. The molecule has 2 heterocycles. The summed E-state index contributed by atoms with van der Waals surface area (Å²) in [6, 6.07) is 21.1. The number of anilines is 1. The van der Waals surface area contributed by atoms with Crippen LogP contribution in [0.4, 0.5) is 5.95 Å². The Morgan fingerprint density at radius 3 is 2.47 bits per heavy atom. The van der Waals surface area contributed by atoms with Gasteiger partial charge in [-0.1, -0.05) is 56.3 Å². The van der Waals surface area contributed by atoms with Gasteiger partial charge in [-0.05, 0) is 54.3 Å². The van der Waals surface area contributed by atoms with Crippen molar-refractivity contribution in [3.8, 4) is 5.75 Å². The maximum atomic E-state index is 13.4. The van der Waals surface area contributed by atoms with Crippen molar-refractivity contribution < 1.29 is 19.4 Å². The predicted molar refractivity (Wildman–Crippen MR) is 139 cm³/mol. The van der Waals surface area contributed by atoms with Crippen molar-refractivity contribution in [3.05, 3.63) is 95.1 Å². The quantitative estimate of drug-likeness (QED) is 0.209. The summed E-state index contributed by atoms with van der Waals surface area (Å²) in [5.74, 6) is -0.638. The van der Waals surface area contributed by atoms with Crippen LogP contribution in [0.1, 0.15) is 49.4 Å². The zero-order chi connectivity index (χ0) is 25.4. The zero-order valence-corrected chi connectivity index (χ0v) is 20.4. The molecule has 182 valence electrons. The first-order chi connectivity index (χ1) is 17.4. The lowest BCUT2D eigenvalue weighted by atomic mass is 9.93. The maximum Gasteiger partial charge on any atom is 0.302 e. The van der Waals surface area contributed by atoms with E-state index in [2.05, 4.69) is 9.97 Å². The number of nitrogens with zero attached hydrogens (tertiary/aromatic N) is 2. The van der Waals surface area contributed by atoms with Crippen LogP contribution in [0.15, 0.2) is 78.4 Å². The molecule has 1 atom stereocenters. The zero-order valence-electron chi connectivity index (χ0n) is 20.4. The van der Waals surface area contributed by atoms with Gasteiger partial charge >= 0.3 is 5.91 Å². The molecule has 1 fully saturated rings. The molecule has 1 aromatic heterocycles. The van der Waals surface area contributed by atoms with Crippen LogP contribution in [0.25, 0.3) is 16.8 Å². The molecule has 1 aliphatic rings. The average molecular weight is 482 g/mol. The van der Waals surface area contributed by atoms with Gasteiger partial charge in [0.25, 0.3) is 5.78 Å². The van der Waals surface area contributed by atoms with E-state index in [9.17, 15) is 14.7 Å². The Balaban J connectivity index is 1.70. The number of nitrogens with one attached hydrogen (secondary N) is 1. The standard InChI is InChI=1S/C29H27N3O4/c1-4-36-23-15-14-19(16-20(23)17(2)3)26(33)24-25(18-10-6-5-7-11-18)32(28(35)27(24)34)29-30-21-12-8-9-13-22(21)31-29/h5-17,25,33H,4H2,1-3H3,(H,30,31)/b26-24+. The number of H-pyrrole nitrogens is 1. The van der Waals surface area contributed by atoms with E-state index in [-0.39, 0.29) is 23.2 Å². The molecule has 0 saturated carbocycles. The van der Waals surface area contributed by atoms with E-state index >= 15 is 0 Å². The lowest BCUT2D eigenvalue weighted by Crippen LogP contribution is -2.30. The van der Waals surface area contributed by atoms with Gasteiger partial charge in [0.05, 0.1) is 29.3 Å². The largest absolute Gasteiger partial charge is 0.507 e. The van der Waals surface area contributed by atoms with Crippen LogP contribution in [-0.2, 0) is 9.59 Å². The van der Waals surface area contributed by atoms with E-state index in [4.69, 9.17) is 4.74 Å². The van der Waals surface area contributed by atoms with Gasteiger partial charge in [0, 0.05) is 5.56 Å². The van der Waals surface area contributed by atoms with Gasteiger partial charge in [-0.25, -0.2) is 4.98 Å². The normalized spacial score (nSPS) is 17.3. The van der Waals surface area contributed by atoms with E-state index in [1.807, 2.05) is 81.4 Å². The molecule has 1 unspecified atom stereocenters. The number of imidazole rings is 1. The van der Waals surface area contributed by atoms with Gasteiger partial charge in [0.15, 0.2) is 0 Å². The second-order valence-electron chi connectivity index (χ2n) is 9.00. The number of aromatic nitrogens is 2. The highest BCUT2D eigenvalue weighted by Crippen LogP contribution is 2.42. The predicted octanol–water partition coefficient (Wildman–Crippen LogP) is 5.71. The fourth-order valence-corrected chi connectivity index (χ4v) is 4.64. The Morgan fingerprint density at radius 1 is 1.06 bits per heavy atom. The molecule has 1 aliphatic heterocycles. The van der Waals surface area contributed by atoms with E-state index in [0.717, 1.165) is 16.8 Å². The number of para-hydroxylation sites is 2. The summed E-state index contributed by atoms with van der Waals surface area (Å²) in [6.45, 7) is 6.50. The third-order valence-corrected chi connectivity index (χ3v) is 6.37. The highest BCUT2D eigenvalue weighted by molar-refractivity contribution is 6.51. The van der Waals surface area contributed by atoms with Crippen molar-refractivity contribution in [1.82, 2.24) is 9.97 Å². The number of fused-ring (bicyclic) bond motifs is 1. The molecule has 1 amide bonds. The Hall–Kier alpha value is -4.39. The summed E-state index contributed by atoms with van der Waals surface area (Å²) in [5, 5.41) is 11.5. The molecule has 7 heteroatoms. The van der Waals surface area contributed by atoms with Crippen LogP contribution in [0, 0.1) is 0 Å². The number of ketones is 1. The van der Waals surface area contributed by atoms with Crippen molar-refractivity contribution in [3.63, 3.8) is 0 Å². The number of aliphatic hydroxyl groups is 1. The van der Waals surface area contributed by atoms with Gasteiger partial charge in [0.2, 0.25) is 5.95 Å². The van der Waals surface area contributed by atoms with E-state index in [1.54, 1.807) is 12.1 Å². The minimum absolute atomic E-state index is 0.0190. The summed E-state index contributed by atoms with van der Waals surface area (Å²) >= 11 is 0. The lowest BCUT2D eigenvalue weighted by molar-refractivity contribution is -0.132. The Morgan fingerprint density at radius 2 is 1.78 bits per heavy atom. The third-order valence-electron chi connectivity index (χ3n) is 6.37. The van der Waals surface area contributed by atoms with Crippen LogP contribution in [0.3, 0.4) is 0 Å². The topological polar surface area (TPSA) is 95.5 Å². The molecule has 0 aliphatic carbocycles. The summed E-state index contributed by atoms with van der Waals surface area (Å²) in [6.07, 6.45) is 0. The first-order valence-electron chi connectivity index (χ1n) is 12.0. The second kappa shape index (κ2) is 9.34. The molecule has 4 aromatic rings. The first kappa shape index (κ1) is 23.4. The first-order valence-corrected chi connectivity index (χ1v) is 12.0. The Bertz CT molecular complexity index is 1450. The fourth-order valence-electron chi connectivity index (χ4n) is 4.64. The number of Topliss-reactive ketones (excluding diaryl/α,β-unsaturated/α-hetero) is 1. The van der Waals surface area contributed by atoms with Crippen molar-refractivity contribution >= 4 is 34.4 Å². The Kier molecular flexibility index (Phi) is 6.06. The van der Waals surface area contributed by atoms with Gasteiger partial charge < -0.3 is 14.8 Å². The number of hydrogen-bond donors (Lipinski definition) is 2. The molecule has 0 radical (unpaired) electrons. The van der Waals surface area contributed by atoms with Crippen LogP contribution in [-0.4, -0.2) is 33.4 Å². The third kappa shape index (κ3) is 3.92. The molecule has 7 nitrogen and oxygen atoms in total. The number of aliphatic hydroxyl groups excluding tert-OH is 1. The van der Waals surface area contributed by atoms with E-state index < -0.39 is 17.7 Å². The van der Waals surface area contributed by atoms with Crippen molar-refractivity contribution in [2.45, 2.75) is 32.7 Å². The smallest absolute Gasteiger partial charge is 0.302 e. The molecule has 1 saturated heterocycles. The second-order valence-corrected chi connectivity index (χ2v) is 9.00. The Labute approximate surface area is 209 Å². The van der Waals surface area contributed by atoms with Crippen LogP contribution in [0.2, 0.25) is 0 Å². The summed E-state index contributed by atoms with van der Waals surface area (Å²) in [4.78, 5) is 35.8. The van der Waals surface area contributed by atoms with Crippen LogP contribution >= 0.6 is 0 Å². The van der Waals surface area contributed by atoms with Crippen LogP contribution < -0.4 is 9.64 Å². The molecule has 3 aromatic carbocycles. The van der Waals surface area contributed by atoms with Gasteiger partial charge in [-0.2, -0.15) is 0 Å². The minimum atomic E-state index is -0.846. The lowest BCUT2D eigenvalue weighted by Gasteiger charge is -2.23. The number of aromatic amines is 1. The number of carbonyl (C=O) groups excluding carboxylic acids is 2. The maximum absolute atomic E-state index is 13.4. The number of hydrogen-bond acceptors (Lipinski definition) is 5. The molecule has 0 bridgehead atoms. The van der Waals surface area contributed by atoms with E-state index in [0.29, 0.717) is 23.3 Å². The van der Waals surface area contributed by atoms with Gasteiger partial charge in [-0.15, -0.1) is 0 Å². The molecular formula is C29H27N3O4.